The van der Waals surface area contributed by atoms with Gasteiger partial charge in [0.05, 0.1) is 25.6 Å². The summed E-state index contributed by atoms with van der Waals surface area (Å²) in [6.45, 7) is 0. The van der Waals surface area contributed by atoms with Crippen molar-refractivity contribution in [1.82, 2.24) is 9.55 Å². The maximum absolute atomic E-state index is 5.34. The van der Waals surface area contributed by atoms with Crippen LogP contribution in [0.15, 0.2) is 72.8 Å². The maximum Gasteiger partial charge on any atom is 0.140 e. The first-order valence-electron chi connectivity index (χ1n) is 10.1. The van der Waals surface area contributed by atoms with Gasteiger partial charge in [0.15, 0.2) is 0 Å². The van der Waals surface area contributed by atoms with E-state index in [1.54, 1.807) is 14.2 Å². The van der Waals surface area contributed by atoms with E-state index < -0.39 is 0 Å². The van der Waals surface area contributed by atoms with Gasteiger partial charge in [-0.05, 0) is 72.8 Å². The zero-order valence-electron chi connectivity index (χ0n) is 18.6. The molecule has 1 heterocycles. The molecule has 5 heteroatoms. The fraction of sp³-hybridized carbons (Fsp3) is 0.192. The van der Waals surface area contributed by atoms with Crippen molar-refractivity contribution in [3.8, 4) is 45.4 Å². The molecule has 0 radical (unpaired) electrons. The van der Waals surface area contributed by atoms with Gasteiger partial charge in [-0.2, -0.15) is 0 Å². The Morgan fingerprint density at radius 1 is 0.677 bits per heavy atom. The van der Waals surface area contributed by atoms with Gasteiger partial charge in [-0.3, -0.25) is 0 Å². The third-order valence-electron chi connectivity index (χ3n) is 5.46. The van der Waals surface area contributed by atoms with E-state index in [4.69, 9.17) is 14.5 Å². The monoisotopic (exact) mass is 413 g/mol. The van der Waals surface area contributed by atoms with Crippen molar-refractivity contribution in [3.63, 3.8) is 0 Å². The number of anilines is 1. The summed E-state index contributed by atoms with van der Waals surface area (Å²) in [5, 5.41) is 0. The van der Waals surface area contributed by atoms with Gasteiger partial charge < -0.3 is 18.9 Å². The quantitative estimate of drug-likeness (QED) is 0.418. The molecule has 0 spiro atoms. The molecular weight excluding hydrogens is 386 g/mol. The van der Waals surface area contributed by atoms with Gasteiger partial charge in [0.1, 0.15) is 17.3 Å². The minimum absolute atomic E-state index is 0.824. The highest BCUT2D eigenvalue weighted by molar-refractivity contribution is 5.82. The maximum atomic E-state index is 5.34. The Kier molecular flexibility index (Phi) is 5.67. The van der Waals surface area contributed by atoms with Gasteiger partial charge in [-0.25, -0.2) is 4.98 Å². The predicted molar refractivity (Wildman–Crippen MR) is 127 cm³/mol. The van der Waals surface area contributed by atoms with Crippen LogP contribution in [0.25, 0.3) is 33.9 Å². The summed E-state index contributed by atoms with van der Waals surface area (Å²) in [5.74, 6) is 2.57. The SMILES string of the molecule is COc1ccc(-c2nc(-c3ccc(N(C)C)cc3)n(C)c2-c2ccc(OC)cc2)cc1. The van der Waals surface area contributed by atoms with Crippen molar-refractivity contribution >= 4 is 5.69 Å². The number of nitrogens with zero attached hydrogens (tertiary/aromatic N) is 3. The Bertz CT molecular complexity index is 1160. The molecule has 0 fully saturated rings. The standard InChI is InChI=1S/C26H27N3O2/c1-28(2)21-12-6-20(7-13-21)26-27-24(18-8-14-22(30-4)15-9-18)25(29(26)3)19-10-16-23(31-5)17-11-19/h6-17H,1-5H3. The highest BCUT2D eigenvalue weighted by Crippen LogP contribution is 2.37. The van der Waals surface area contributed by atoms with Crippen molar-refractivity contribution in [1.29, 1.82) is 0 Å². The fourth-order valence-corrected chi connectivity index (χ4v) is 3.69. The molecule has 0 unspecified atom stereocenters. The first-order chi connectivity index (χ1) is 15.0. The number of hydrogen-bond donors (Lipinski definition) is 0. The zero-order chi connectivity index (χ0) is 22.0. The normalized spacial score (nSPS) is 10.7. The Hall–Kier alpha value is -3.73. The van der Waals surface area contributed by atoms with Crippen LogP contribution in [0.2, 0.25) is 0 Å². The van der Waals surface area contributed by atoms with E-state index in [2.05, 4.69) is 52.9 Å². The molecule has 31 heavy (non-hydrogen) atoms. The molecule has 0 aliphatic carbocycles. The third kappa shape index (κ3) is 3.99. The lowest BCUT2D eigenvalue weighted by Gasteiger charge is -2.13. The first kappa shape index (κ1) is 20.5. The summed E-state index contributed by atoms with van der Waals surface area (Å²) in [4.78, 5) is 7.17. The first-order valence-corrected chi connectivity index (χ1v) is 10.1. The number of aromatic nitrogens is 2. The van der Waals surface area contributed by atoms with Gasteiger partial charge >= 0.3 is 0 Å². The van der Waals surface area contributed by atoms with Crippen LogP contribution in [0.4, 0.5) is 5.69 Å². The lowest BCUT2D eigenvalue weighted by molar-refractivity contribution is 0.414. The number of benzene rings is 3. The smallest absolute Gasteiger partial charge is 0.140 e. The van der Waals surface area contributed by atoms with E-state index in [1.165, 1.54) is 0 Å². The van der Waals surface area contributed by atoms with Crippen LogP contribution in [0, 0.1) is 0 Å². The fourth-order valence-electron chi connectivity index (χ4n) is 3.69. The second-order valence-electron chi connectivity index (χ2n) is 7.59. The van der Waals surface area contributed by atoms with Crippen LogP contribution in [-0.2, 0) is 7.05 Å². The lowest BCUT2D eigenvalue weighted by atomic mass is 10.0. The molecule has 158 valence electrons. The molecule has 0 atom stereocenters. The van der Waals surface area contributed by atoms with Gasteiger partial charge in [0.2, 0.25) is 0 Å². The molecule has 4 aromatic rings. The molecule has 0 amide bonds. The van der Waals surface area contributed by atoms with E-state index in [1.807, 2.05) is 50.5 Å². The van der Waals surface area contributed by atoms with Crippen molar-refractivity contribution in [2.24, 2.45) is 7.05 Å². The summed E-state index contributed by atoms with van der Waals surface area (Å²) < 4.78 is 12.8. The number of imidazole rings is 1. The largest absolute Gasteiger partial charge is 0.497 e. The van der Waals surface area contributed by atoms with E-state index in [-0.39, 0.29) is 0 Å². The molecule has 0 saturated heterocycles. The molecule has 1 aromatic heterocycles. The average Bonchev–Trinajstić information content (AvgIpc) is 3.16. The molecule has 0 bridgehead atoms. The summed E-state index contributed by atoms with van der Waals surface area (Å²) >= 11 is 0. The number of methoxy groups -OCH3 is 2. The van der Waals surface area contributed by atoms with E-state index in [9.17, 15) is 0 Å². The average molecular weight is 414 g/mol. The van der Waals surface area contributed by atoms with Gasteiger partial charge in [-0.1, -0.05) is 0 Å². The topological polar surface area (TPSA) is 39.5 Å². The Labute approximate surface area is 183 Å². The van der Waals surface area contributed by atoms with Crippen LogP contribution < -0.4 is 14.4 Å². The second-order valence-corrected chi connectivity index (χ2v) is 7.59. The minimum atomic E-state index is 0.824. The van der Waals surface area contributed by atoms with Crippen molar-refractivity contribution in [3.05, 3.63) is 72.8 Å². The Morgan fingerprint density at radius 3 is 1.65 bits per heavy atom. The van der Waals surface area contributed by atoms with Gasteiger partial charge in [0, 0.05) is 43.5 Å². The van der Waals surface area contributed by atoms with Gasteiger partial charge in [0.25, 0.3) is 0 Å². The summed E-state index contributed by atoms with van der Waals surface area (Å²) in [5.41, 5.74) is 6.34. The van der Waals surface area contributed by atoms with Crippen molar-refractivity contribution in [2.75, 3.05) is 33.2 Å². The van der Waals surface area contributed by atoms with Crippen molar-refractivity contribution in [2.45, 2.75) is 0 Å². The summed E-state index contributed by atoms with van der Waals surface area (Å²) in [7, 11) is 9.50. The summed E-state index contributed by atoms with van der Waals surface area (Å²) in [6.07, 6.45) is 0. The van der Waals surface area contributed by atoms with E-state index >= 15 is 0 Å². The van der Waals surface area contributed by atoms with Crippen LogP contribution in [0.5, 0.6) is 11.5 Å². The molecule has 4 rings (SSSR count). The molecule has 3 aromatic carbocycles. The molecule has 0 N–H and O–H groups in total. The summed E-state index contributed by atoms with van der Waals surface area (Å²) in [6, 6.07) is 24.6. The zero-order valence-corrected chi connectivity index (χ0v) is 18.6. The molecule has 0 aliphatic heterocycles. The molecule has 5 nitrogen and oxygen atoms in total. The predicted octanol–water partition coefficient (Wildman–Crippen LogP) is 5.50. The van der Waals surface area contributed by atoms with Crippen LogP contribution in [0.3, 0.4) is 0 Å². The van der Waals surface area contributed by atoms with E-state index in [0.29, 0.717) is 0 Å². The number of hydrogen-bond acceptors (Lipinski definition) is 4. The highest BCUT2D eigenvalue weighted by Gasteiger charge is 2.19. The second kappa shape index (κ2) is 8.56. The molecule has 0 aliphatic rings. The Balaban J connectivity index is 1.87. The van der Waals surface area contributed by atoms with Gasteiger partial charge in [-0.15, -0.1) is 0 Å². The van der Waals surface area contributed by atoms with Crippen LogP contribution in [0.1, 0.15) is 0 Å². The molecular formula is C26H27N3O2. The minimum Gasteiger partial charge on any atom is -0.497 e. The van der Waals surface area contributed by atoms with Crippen LogP contribution in [-0.4, -0.2) is 37.9 Å². The molecule has 0 saturated carbocycles. The Morgan fingerprint density at radius 2 is 1.16 bits per heavy atom. The lowest BCUT2D eigenvalue weighted by Crippen LogP contribution is -2.08. The van der Waals surface area contributed by atoms with Crippen molar-refractivity contribution < 1.29 is 9.47 Å². The third-order valence-corrected chi connectivity index (χ3v) is 5.46. The highest BCUT2D eigenvalue weighted by atomic mass is 16.5. The number of rotatable bonds is 6. The van der Waals surface area contributed by atoms with Crippen LogP contribution >= 0.6 is 0 Å². The number of ether oxygens (including phenoxy) is 2. The van der Waals surface area contributed by atoms with E-state index in [0.717, 1.165) is 51.1 Å².